The number of benzene rings is 3. The summed E-state index contributed by atoms with van der Waals surface area (Å²) in [5, 5.41) is 21.2. The molecule has 55 heavy (non-hydrogen) atoms. The fraction of sp³-hybridized carbons (Fsp3) is 0.353. The van der Waals surface area contributed by atoms with Crippen LogP contribution in [-0.2, 0) is 9.59 Å². The fourth-order valence-corrected chi connectivity index (χ4v) is 6.44. The molecule has 4 aromatic rings. The van der Waals surface area contributed by atoms with Crippen LogP contribution in [0.2, 0.25) is 0 Å². The van der Waals surface area contributed by atoms with Gasteiger partial charge in [-0.15, -0.1) is 0 Å². The van der Waals surface area contributed by atoms with Gasteiger partial charge in [0.1, 0.15) is 5.75 Å². The van der Waals surface area contributed by atoms with Crippen LogP contribution >= 0.6 is 0 Å². The van der Waals surface area contributed by atoms with Crippen molar-refractivity contribution in [3.05, 3.63) is 66.2 Å². The average molecular weight is 776 g/mol. The number of nitrogens with zero attached hydrogens (tertiary/aromatic N) is 5. The second-order valence-corrected chi connectivity index (χ2v) is 13.2. The first-order chi connectivity index (χ1) is 25.9. The molecule has 292 valence electrons. The largest absolute Gasteiger partial charge is 0.506 e. The van der Waals surface area contributed by atoms with E-state index in [2.05, 4.69) is 25.6 Å². The lowest BCUT2D eigenvalue weighted by molar-refractivity contribution is -0.175. The standard InChI is InChI=1S/C34H35F6N11O4/c35-33(36,37)28(54)44-22-12-23(45-29(55)34(38,39)40)16-51(15-22)32-48-30(47-31(49-32)50-13-18(41)11-19(42)14-50)46-21-8-6-20(7-9-21)43-27(53)25-10-5-17-3-1-2-4-24(17)26(25)52/h1-10,18-19,22-23,52H,11-16,41-42H2,(H,43,53)(H,44,54)(H,45,55)(H,46,47,48,49)/t18-,19+,22-,23+. The van der Waals surface area contributed by atoms with Crippen LogP contribution in [0.4, 0.5) is 55.6 Å². The lowest BCUT2D eigenvalue weighted by atomic mass is 10.0. The van der Waals surface area contributed by atoms with Crippen LogP contribution in [-0.4, -0.2) is 100 Å². The molecule has 0 saturated carbocycles. The highest BCUT2D eigenvalue weighted by Gasteiger charge is 2.44. The Kier molecular flexibility index (Phi) is 10.9. The topological polar surface area (TPSA) is 217 Å². The molecule has 2 aliphatic rings. The first kappa shape index (κ1) is 38.8. The third-order valence-electron chi connectivity index (χ3n) is 8.87. The smallest absolute Gasteiger partial charge is 0.471 e. The third-order valence-corrected chi connectivity index (χ3v) is 8.87. The van der Waals surface area contributed by atoms with E-state index in [9.17, 15) is 45.8 Å². The number of anilines is 5. The Morgan fingerprint density at radius 3 is 1.78 bits per heavy atom. The summed E-state index contributed by atoms with van der Waals surface area (Å²) in [5.74, 6) is -5.63. The van der Waals surface area contributed by atoms with E-state index in [4.69, 9.17) is 11.5 Å². The molecule has 0 bridgehead atoms. The summed E-state index contributed by atoms with van der Waals surface area (Å²) in [5.41, 5.74) is 13.2. The van der Waals surface area contributed by atoms with Crippen molar-refractivity contribution in [3.63, 3.8) is 0 Å². The highest BCUT2D eigenvalue weighted by atomic mass is 19.4. The molecular weight excluding hydrogens is 740 g/mol. The molecule has 21 heteroatoms. The number of nitrogens with two attached hydrogens (primary N) is 2. The number of nitrogens with one attached hydrogen (secondary N) is 4. The summed E-state index contributed by atoms with van der Waals surface area (Å²) in [6.07, 6.45) is -10.5. The van der Waals surface area contributed by atoms with Crippen LogP contribution in [0, 0.1) is 0 Å². The van der Waals surface area contributed by atoms with Gasteiger partial charge in [-0.2, -0.15) is 41.3 Å². The molecule has 0 spiro atoms. The van der Waals surface area contributed by atoms with Gasteiger partial charge in [0.05, 0.1) is 5.56 Å². The van der Waals surface area contributed by atoms with Crippen molar-refractivity contribution in [1.82, 2.24) is 25.6 Å². The predicted octanol–water partition coefficient (Wildman–Crippen LogP) is 2.90. The molecule has 6 rings (SSSR count). The van der Waals surface area contributed by atoms with Crippen LogP contribution in [0.1, 0.15) is 23.2 Å². The average Bonchev–Trinajstić information content (AvgIpc) is 3.11. The fourth-order valence-electron chi connectivity index (χ4n) is 6.44. The molecule has 3 aromatic carbocycles. The molecule has 0 radical (unpaired) electrons. The molecule has 4 atom stereocenters. The Morgan fingerprint density at radius 1 is 0.691 bits per heavy atom. The second-order valence-electron chi connectivity index (χ2n) is 13.2. The van der Waals surface area contributed by atoms with Gasteiger partial charge in [-0.3, -0.25) is 14.4 Å². The number of phenolic OH excluding ortho intramolecular Hbond substituents is 1. The Balaban J connectivity index is 1.26. The molecule has 0 aliphatic carbocycles. The van der Waals surface area contributed by atoms with Crippen molar-refractivity contribution in [3.8, 4) is 5.75 Å². The number of amides is 3. The van der Waals surface area contributed by atoms with Crippen molar-refractivity contribution in [2.24, 2.45) is 11.5 Å². The zero-order chi connectivity index (χ0) is 39.7. The maximum Gasteiger partial charge on any atom is 0.471 e. The number of phenols is 1. The van der Waals surface area contributed by atoms with Gasteiger partial charge in [0.25, 0.3) is 5.91 Å². The number of carbonyl (C=O) groups excluding carboxylic acids is 3. The van der Waals surface area contributed by atoms with E-state index >= 15 is 0 Å². The first-order valence-corrected chi connectivity index (χ1v) is 16.8. The van der Waals surface area contributed by atoms with E-state index in [1.54, 1.807) is 70.1 Å². The zero-order valence-corrected chi connectivity index (χ0v) is 28.7. The first-order valence-electron chi connectivity index (χ1n) is 16.8. The van der Waals surface area contributed by atoms with E-state index < -0.39 is 48.6 Å². The van der Waals surface area contributed by atoms with E-state index in [1.807, 2.05) is 0 Å². The van der Waals surface area contributed by atoms with Gasteiger partial charge in [-0.25, -0.2) is 0 Å². The molecule has 3 heterocycles. The number of hydrogen-bond acceptors (Lipinski definition) is 12. The lowest BCUT2D eigenvalue weighted by Crippen LogP contribution is -2.60. The quantitative estimate of drug-likeness (QED) is 0.129. The van der Waals surface area contributed by atoms with E-state index in [-0.39, 0.29) is 67.4 Å². The van der Waals surface area contributed by atoms with Crippen molar-refractivity contribution in [2.75, 3.05) is 46.6 Å². The Bertz CT molecular complexity index is 2020. The number of fused-ring (bicyclic) bond motifs is 1. The lowest BCUT2D eigenvalue weighted by Gasteiger charge is -2.39. The number of piperidine rings is 2. The normalized spacial score (nSPS) is 20.5. The summed E-state index contributed by atoms with van der Waals surface area (Å²) in [6.45, 7) is -0.231. The summed E-state index contributed by atoms with van der Waals surface area (Å²) >= 11 is 0. The van der Waals surface area contributed by atoms with Gasteiger partial charge in [-0.05, 0) is 48.6 Å². The van der Waals surface area contributed by atoms with Gasteiger partial charge in [0.15, 0.2) is 0 Å². The predicted molar refractivity (Wildman–Crippen MR) is 189 cm³/mol. The number of rotatable bonds is 8. The highest BCUT2D eigenvalue weighted by Crippen LogP contribution is 2.30. The molecule has 2 saturated heterocycles. The van der Waals surface area contributed by atoms with Crippen molar-refractivity contribution in [2.45, 2.75) is 49.4 Å². The van der Waals surface area contributed by atoms with Crippen LogP contribution in [0.25, 0.3) is 10.8 Å². The molecule has 3 amide bonds. The van der Waals surface area contributed by atoms with Crippen LogP contribution in [0.5, 0.6) is 5.75 Å². The zero-order valence-electron chi connectivity index (χ0n) is 28.7. The number of halogens is 6. The minimum absolute atomic E-state index is 0.0366. The third kappa shape index (κ3) is 9.41. The SMILES string of the molecule is N[C@@H]1C[C@H](N)CN(c2nc(Nc3ccc(NC(=O)c4ccc5ccccc5c4O)cc3)nc(N3C[C@H](NC(=O)C(F)(F)F)C[C@H](NC(=O)C(F)(F)F)C3)n2)C1. The second kappa shape index (κ2) is 15.4. The van der Waals surface area contributed by atoms with Crippen molar-refractivity contribution < 1.29 is 45.8 Å². The molecule has 2 fully saturated rings. The van der Waals surface area contributed by atoms with Gasteiger partial charge >= 0.3 is 24.2 Å². The monoisotopic (exact) mass is 775 g/mol. The molecular formula is C34H35F6N11O4. The summed E-state index contributed by atoms with van der Waals surface area (Å²) in [4.78, 5) is 52.9. The van der Waals surface area contributed by atoms with Crippen LogP contribution in [0.3, 0.4) is 0 Å². The van der Waals surface area contributed by atoms with Crippen LogP contribution < -0.4 is 42.5 Å². The molecule has 15 nitrogen and oxygen atoms in total. The summed E-state index contributed by atoms with van der Waals surface area (Å²) in [7, 11) is 0. The van der Waals surface area contributed by atoms with Gasteiger partial charge in [-0.1, -0.05) is 30.3 Å². The number of hydrogen-bond donors (Lipinski definition) is 7. The summed E-state index contributed by atoms with van der Waals surface area (Å²) in [6, 6.07) is 13.0. The highest BCUT2D eigenvalue weighted by molar-refractivity contribution is 6.09. The number of alkyl halides is 6. The van der Waals surface area contributed by atoms with Crippen LogP contribution in [0.15, 0.2) is 60.7 Å². The number of aromatic hydroxyl groups is 1. The summed E-state index contributed by atoms with van der Waals surface area (Å²) < 4.78 is 79.0. The minimum Gasteiger partial charge on any atom is -0.506 e. The molecule has 0 unspecified atom stereocenters. The van der Waals surface area contributed by atoms with Gasteiger partial charge in [0.2, 0.25) is 17.8 Å². The van der Waals surface area contributed by atoms with Gasteiger partial charge < -0.3 is 47.6 Å². The van der Waals surface area contributed by atoms with Crippen molar-refractivity contribution in [1.29, 1.82) is 0 Å². The Hall–Kier alpha value is -5.96. The molecule has 1 aromatic heterocycles. The van der Waals surface area contributed by atoms with E-state index in [1.165, 1.54) is 11.0 Å². The Labute approximate surface area is 308 Å². The van der Waals surface area contributed by atoms with E-state index in [0.29, 0.717) is 23.2 Å². The molecule has 2 aliphatic heterocycles. The maximum atomic E-state index is 13.2. The van der Waals surface area contributed by atoms with Gasteiger partial charge in [0, 0.05) is 67.1 Å². The minimum atomic E-state index is -5.28. The Morgan fingerprint density at radius 2 is 1.22 bits per heavy atom. The molecule has 9 N–H and O–H groups in total. The van der Waals surface area contributed by atoms with Crippen molar-refractivity contribution >= 4 is 57.7 Å². The van der Waals surface area contributed by atoms with E-state index in [0.717, 1.165) is 5.39 Å². The number of carbonyl (C=O) groups is 3. The maximum absolute atomic E-state index is 13.2. The number of aromatic nitrogens is 3.